The maximum atomic E-state index is 12.4. The van der Waals surface area contributed by atoms with Crippen molar-refractivity contribution in [3.8, 4) is 11.4 Å². The van der Waals surface area contributed by atoms with Gasteiger partial charge in [0.05, 0.1) is 5.69 Å². The van der Waals surface area contributed by atoms with Crippen molar-refractivity contribution in [2.24, 2.45) is 0 Å². The van der Waals surface area contributed by atoms with E-state index in [0.717, 1.165) is 11.3 Å². The number of pyridine rings is 2. The van der Waals surface area contributed by atoms with Crippen LogP contribution in [0.5, 0.6) is 5.75 Å². The number of aryl methyl sites for hydroxylation is 1. The lowest BCUT2D eigenvalue weighted by molar-refractivity contribution is 0.301. The van der Waals surface area contributed by atoms with Crippen LogP contribution >= 0.6 is 11.3 Å². The maximum absolute atomic E-state index is 12.4. The smallest absolute Gasteiger partial charge is 0.297 e. The topological polar surface area (TPSA) is 44.1 Å². The Balaban J connectivity index is 1.85. The molecule has 0 bridgehead atoms. The highest BCUT2D eigenvalue weighted by Gasteiger charge is 2.06. The molecule has 0 N–H and O–H groups in total. The fraction of sp³-hybridized carbons (Fsp3) is 0.125. The van der Waals surface area contributed by atoms with Gasteiger partial charge in [-0.3, -0.25) is 14.3 Å². The van der Waals surface area contributed by atoms with Gasteiger partial charge in [0.15, 0.2) is 5.75 Å². The molecule has 3 aromatic heterocycles. The molecule has 0 aliphatic heterocycles. The maximum Gasteiger partial charge on any atom is 0.297 e. The molecule has 4 nitrogen and oxygen atoms in total. The molecule has 0 saturated heterocycles. The number of hydrogen-bond acceptors (Lipinski definition) is 4. The van der Waals surface area contributed by atoms with Crippen LogP contribution < -0.4 is 10.3 Å². The van der Waals surface area contributed by atoms with Gasteiger partial charge in [-0.1, -0.05) is 0 Å². The second kappa shape index (κ2) is 5.93. The highest BCUT2D eigenvalue weighted by molar-refractivity contribution is 7.10. The molecule has 3 heterocycles. The molecule has 0 aliphatic carbocycles. The summed E-state index contributed by atoms with van der Waals surface area (Å²) in [5, 5.41) is 2.04. The van der Waals surface area contributed by atoms with Gasteiger partial charge in [-0.05, 0) is 42.6 Å². The predicted molar refractivity (Wildman–Crippen MR) is 83.2 cm³/mol. The van der Waals surface area contributed by atoms with Crippen LogP contribution in [0, 0.1) is 6.92 Å². The second-order valence-corrected chi connectivity index (χ2v) is 5.72. The monoisotopic (exact) mass is 298 g/mol. The Labute approximate surface area is 126 Å². The van der Waals surface area contributed by atoms with Crippen molar-refractivity contribution in [1.82, 2.24) is 9.55 Å². The van der Waals surface area contributed by atoms with E-state index in [4.69, 9.17) is 4.74 Å². The molecule has 0 amide bonds. The molecule has 3 rings (SSSR count). The van der Waals surface area contributed by atoms with Crippen molar-refractivity contribution in [2.45, 2.75) is 13.5 Å². The fourth-order valence-corrected chi connectivity index (χ4v) is 2.72. The van der Waals surface area contributed by atoms with Crippen molar-refractivity contribution in [2.75, 3.05) is 0 Å². The van der Waals surface area contributed by atoms with Gasteiger partial charge in [-0.2, -0.15) is 0 Å². The Morgan fingerprint density at radius 2 is 2.10 bits per heavy atom. The van der Waals surface area contributed by atoms with Crippen LogP contribution in [0.25, 0.3) is 5.69 Å². The summed E-state index contributed by atoms with van der Waals surface area (Å²) < 4.78 is 7.21. The molecular weight excluding hydrogens is 284 g/mol. The van der Waals surface area contributed by atoms with Gasteiger partial charge in [0.1, 0.15) is 6.61 Å². The number of rotatable bonds is 4. The van der Waals surface area contributed by atoms with E-state index in [1.54, 1.807) is 58.8 Å². The number of thiophene rings is 1. The Bertz CT molecular complexity index is 793. The van der Waals surface area contributed by atoms with Crippen LogP contribution in [0.1, 0.15) is 10.4 Å². The molecule has 0 unspecified atom stereocenters. The van der Waals surface area contributed by atoms with Crippen LogP contribution in [-0.4, -0.2) is 9.55 Å². The first kappa shape index (κ1) is 13.6. The summed E-state index contributed by atoms with van der Waals surface area (Å²) in [6, 6.07) is 9.13. The third-order valence-electron chi connectivity index (χ3n) is 3.03. The lowest BCUT2D eigenvalue weighted by Gasteiger charge is -2.08. The summed E-state index contributed by atoms with van der Waals surface area (Å²) in [6.07, 6.45) is 5.03. The molecular formula is C16H14N2O2S. The van der Waals surface area contributed by atoms with Crippen molar-refractivity contribution in [3.63, 3.8) is 0 Å². The molecule has 0 aliphatic rings. The Morgan fingerprint density at radius 3 is 2.81 bits per heavy atom. The van der Waals surface area contributed by atoms with Crippen LogP contribution in [0.4, 0.5) is 0 Å². The number of hydrogen-bond donors (Lipinski definition) is 0. The molecule has 0 fully saturated rings. The van der Waals surface area contributed by atoms with Crippen molar-refractivity contribution < 1.29 is 4.74 Å². The zero-order chi connectivity index (χ0) is 14.7. The van der Waals surface area contributed by atoms with Gasteiger partial charge in [-0.15, -0.1) is 11.3 Å². The first-order valence-corrected chi connectivity index (χ1v) is 7.41. The summed E-state index contributed by atoms with van der Waals surface area (Å²) in [7, 11) is 0. The Hall–Kier alpha value is -2.40. The van der Waals surface area contributed by atoms with Gasteiger partial charge in [0.2, 0.25) is 0 Å². The van der Waals surface area contributed by atoms with E-state index in [-0.39, 0.29) is 5.56 Å². The molecule has 0 radical (unpaired) electrons. The van der Waals surface area contributed by atoms with E-state index in [2.05, 4.69) is 11.1 Å². The van der Waals surface area contributed by atoms with Gasteiger partial charge in [0, 0.05) is 29.0 Å². The summed E-state index contributed by atoms with van der Waals surface area (Å²) >= 11 is 1.67. The summed E-state index contributed by atoms with van der Waals surface area (Å²) in [6.45, 7) is 2.45. The van der Waals surface area contributed by atoms with Crippen LogP contribution in [-0.2, 0) is 6.61 Å². The van der Waals surface area contributed by atoms with Gasteiger partial charge >= 0.3 is 0 Å². The molecule has 0 atom stereocenters. The van der Waals surface area contributed by atoms with Crippen molar-refractivity contribution in [3.05, 3.63) is 75.1 Å². The SMILES string of the molecule is Cc1cc(COc2cccn(-c3ccncc3)c2=O)cs1. The first-order valence-electron chi connectivity index (χ1n) is 6.53. The lowest BCUT2D eigenvalue weighted by atomic mass is 10.3. The Morgan fingerprint density at radius 1 is 1.29 bits per heavy atom. The zero-order valence-electron chi connectivity index (χ0n) is 11.5. The Kier molecular flexibility index (Phi) is 3.83. The van der Waals surface area contributed by atoms with Crippen LogP contribution in [0.3, 0.4) is 0 Å². The van der Waals surface area contributed by atoms with Gasteiger partial charge in [-0.25, -0.2) is 0 Å². The van der Waals surface area contributed by atoms with Gasteiger partial charge < -0.3 is 4.74 Å². The average Bonchev–Trinajstić information content (AvgIpc) is 2.93. The standard InChI is InChI=1S/C16H14N2O2S/c1-12-9-13(11-21-12)10-20-15-3-2-8-18(16(15)19)14-4-6-17-7-5-14/h2-9,11H,10H2,1H3. The van der Waals surface area contributed by atoms with E-state index < -0.39 is 0 Å². The summed E-state index contributed by atoms with van der Waals surface area (Å²) in [4.78, 5) is 17.6. The largest absolute Gasteiger partial charge is 0.483 e. The van der Waals surface area contributed by atoms with Crippen molar-refractivity contribution in [1.29, 1.82) is 0 Å². The minimum absolute atomic E-state index is 0.171. The average molecular weight is 298 g/mol. The minimum atomic E-state index is -0.171. The lowest BCUT2D eigenvalue weighted by Crippen LogP contribution is -2.19. The molecule has 0 spiro atoms. The second-order valence-electron chi connectivity index (χ2n) is 4.61. The molecule has 0 aromatic carbocycles. The molecule has 21 heavy (non-hydrogen) atoms. The highest BCUT2D eigenvalue weighted by atomic mass is 32.1. The molecule has 0 saturated carbocycles. The third kappa shape index (κ3) is 3.03. The van der Waals surface area contributed by atoms with Gasteiger partial charge in [0.25, 0.3) is 5.56 Å². The van der Waals surface area contributed by atoms with Crippen LogP contribution in [0.2, 0.25) is 0 Å². The fourth-order valence-electron chi connectivity index (χ4n) is 2.03. The summed E-state index contributed by atoms with van der Waals surface area (Å²) in [5.74, 6) is 0.346. The number of aromatic nitrogens is 2. The summed E-state index contributed by atoms with van der Waals surface area (Å²) in [5.41, 5.74) is 1.68. The quantitative estimate of drug-likeness (QED) is 0.743. The van der Waals surface area contributed by atoms with Crippen molar-refractivity contribution >= 4 is 11.3 Å². The predicted octanol–water partition coefficient (Wildman–Crippen LogP) is 3.18. The normalized spacial score (nSPS) is 10.5. The molecule has 3 aromatic rings. The van der Waals surface area contributed by atoms with E-state index in [1.807, 2.05) is 12.3 Å². The minimum Gasteiger partial charge on any atom is -0.483 e. The van der Waals surface area contributed by atoms with E-state index in [1.165, 1.54) is 4.88 Å². The van der Waals surface area contributed by atoms with E-state index in [9.17, 15) is 4.79 Å². The zero-order valence-corrected chi connectivity index (χ0v) is 12.3. The number of ether oxygens (including phenoxy) is 1. The molecule has 5 heteroatoms. The first-order chi connectivity index (χ1) is 10.2. The van der Waals surface area contributed by atoms with E-state index >= 15 is 0 Å². The van der Waals surface area contributed by atoms with Crippen LogP contribution in [0.15, 0.2) is 59.1 Å². The molecule has 106 valence electrons. The number of nitrogens with zero attached hydrogens (tertiary/aromatic N) is 2. The van der Waals surface area contributed by atoms with E-state index in [0.29, 0.717) is 12.4 Å². The highest BCUT2D eigenvalue weighted by Crippen LogP contribution is 2.15. The third-order valence-corrected chi connectivity index (χ3v) is 3.94.